The Hall–Kier alpha value is -0.0800. The van der Waals surface area contributed by atoms with E-state index in [4.69, 9.17) is 5.73 Å². The molecule has 2 aliphatic rings. The topological polar surface area (TPSA) is 29.3 Å². The van der Waals surface area contributed by atoms with Crippen molar-refractivity contribution in [3.8, 4) is 0 Å². The van der Waals surface area contributed by atoms with Crippen LogP contribution in [0.15, 0.2) is 0 Å². The first-order valence-electron chi connectivity index (χ1n) is 6.15. The van der Waals surface area contributed by atoms with Crippen molar-refractivity contribution in [2.24, 2.45) is 17.6 Å². The molecule has 1 heterocycles. The van der Waals surface area contributed by atoms with E-state index >= 15 is 0 Å². The second-order valence-corrected chi connectivity index (χ2v) is 5.57. The third kappa shape index (κ3) is 2.12. The maximum atomic E-state index is 6.31. The first-order chi connectivity index (χ1) is 6.64. The molecule has 1 saturated heterocycles. The van der Waals surface area contributed by atoms with Crippen LogP contribution >= 0.6 is 0 Å². The van der Waals surface area contributed by atoms with E-state index in [0.29, 0.717) is 0 Å². The van der Waals surface area contributed by atoms with Gasteiger partial charge >= 0.3 is 0 Å². The van der Waals surface area contributed by atoms with Crippen LogP contribution in [-0.4, -0.2) is 30.1 Å². The molecule has 82 valence electrons. The predicted octanol–water partition coefficient (Wildman–Crippen LogP) is 1.85. The largest absolute Gasteiger partial charge is 0.323 e. The molecule has 0 amide bonds. The lowest BCUT2D eigenvalue weighted by Crippen LogP contribution is -2.69. The van der Waals surface area contributed by atoms with Gasteiger partial charge in [0.25, 0.3) is 0 Å². The Kier molecular flexibility index (Phi) is 2.85. The van der Waals surface area contributed by atoms with Gasteiger partial charge in [-0.1, -0.05) is 20.3 Å². The number of hydrogen-bond acceptors (Lipinski definition) is 2. The van der Waals surface area contributed by atoms with Gasteiger partial charge in [0.1, 0.15) is 0 Å². The Labute approximate surface area is 87.8 Å². The van der Waals surface area contributed by atoms with Crippen LogP contribution in [0.2, 0.25) is 0 Å². The smallest absolute Gasteiger partial charge is 0.0440 e. The molecule has 0 aromatic carbocycles. The van der Waals surface area contributed by atoms with Gasteiger partial charge in [-0.3, -0.25) is 4.90 Å². The Bertz CT molecular complexity index is 192. The van der Waals surface area contributed by atoms with Gasteiger partial charge in [-0.15, -0.1) is 0 Å². The summed E-state index contributed by atoms with van der Waals surface area (Å²) < 4.78 is 0. The molecule has 1 atom stereocenters. The fraction of sp³-hybridized carbons (Fsp3) is 1.00. The van der Waals surface area contributed by atoms with Gasteiger partial charge in [-0.2, -0.15) is 0 Å². The van der Waals surface area contributed by atoms with E-state index in [2.05, 4.69) is 18.7 Å². The summed E-state index contributed by atoms with van der Waals surface area (Å²) >= 11 is 0. The number of nitrogens with two attached hydrogens (primary N) is 1. The maximum absolute atomic E-state index is 6.31. The molecule has 0 spiro atoms. The van der Waals surface area contributed by atoms with Crippen LogP contribution in [0.25, 0.3) is 0 Å². The monoisotopic (exact) mass is 196 g/mol. The predicted molar refractivity (Wildman–Crippen MR) is 60.2 cm³/mol. The van der Waals surface area contributed by atoms with Crippen molar-refractivity contribution in [3.05, 3.63) is 0 Å². The minimum absolute atomic E-state index is 0.214. The molecule has 0 aromatic rings. The Morgan fingerprint density at radius 2 is 2.07 bits per heavy atom. The summed E-state index contributed by atoms with van der Waals surface area (Å²) in [6.45, 7) is 8.21. The van der Waals surface area contributed by atoms with Crippen molar-refractivity contribution in [3.63, 3.8) is 0 Å². The average molecular weight is 196 g/mol. The van der Waals surface area contributed by atoms with Gasteiger partial charge < -0.3 is 5.73 Å². The summed E-state index contributed by atoms with van der Waals surface area (Å²) in [5, 5.41) is 0. The molecular formula is C12H24N2. The second kappa shape index (κ2) is 3.82. The molecule has 1 aliphatic heterocycles. The number of likely N-dealkylation sites (tertiary alicyclic amines) is 1. The van der Waals surface area contributed by atoms with E-state index in [1.807, 2.05) is 0 Å². The molecule has 2 rings (SSSR count). The summed E-state index contributed by atoms with van der Waals surface area (Å²) in [6, 6.07) is 0. The number of rotatable bonds is 5. The SMILES string of the molecule is CCCC(C)CN1CC(N)(C2CC2)C1. The second-order valence-electron chi connectivity index (χ2n) is 5.57. The maximum Gasteiger partial charge on any atom is 0.0440 e. The van der Waals surface area contributed by atoms with Gasteiger partial charge in [0, 0.05) is 25.2 Å². The van der Waals surface area contributed by atoms with Crippen LogP contribution in [0, 0.1) is 11.8 Å². The highest BCUT2D eigenvalue weighted by Crippen LogP contribution is 2.43. The third-order valence-electron chi connectivity index (χ3n) is 3.78. The van der Waals surface area contributed by atoms with Crippen LogP contribution in [0.4, 0.5) is 0 Å². The summed E-state index contributed by atoms with van der Waals surface area (Å²) in [7, 11) is 0. The third-order valence-corrected chi connectivity index (χ3v) is 3.78. The molecule has 1 saturated carbocycles. The van der Waals surface area contributed by atoms with Crippen LogP contribution in [0.3, 0.4) is 0 Å². The first kappa shape index (κ1) is 10.4. The zero-order valence-electron chi connectivity index (χ0n) is 9.63. The Balaban J connectivity index is 1.67. The summed E-state index contributed by atoms with van der Waals surface area (Å²) in [4.78, 5) is 2.54. The highest BCUT2D eigenvalue weighted by molar-refractivity contribution is 5.08. The molecular weight excluding hydrogens is 172 g/mol. The van der Waals surface area contributed by atoms with Crippen molar-refractivity contribution in [2.45, 2.75) is 45.1 Å². The van der Waals surface area contributed by atoms with Gasteiger partial charge in [0.05, 0.1) is 0 Å². The molecule has 2 nitrogen and oxygen atoms in total. The first-order valence-corrected chi connectivity index (χ1v) is 6.15. The summed E-state index contributed by atoms with van der Waals surface area (Å²) in [5.74, 6) is 1.71. The Morgan fingerprint density at radius 3 is 2.57 bits per heavy atom. The zero-order valence-corrected chi connectivity index (χ0v) is 9.63. The summed E-state index contributed by atoms with van der Waals surface area (Å²) in [5.41, 5.74) is 6.52. The van der Waals surface area contributed by atoms with Crippen molar-refractivity contribution >= 4 is 0 Å². The van der Waals surface area contributed by atoms with Crippen molar-refractivity contribution < 1.29 is 0 Å². The van der Waals surface area contributed by atoms with E-state index in [1.165, 1.54) is 32.2 Å². The molecule has 1 aliphatic carbocycles. The average Bonchev–Trinajstić information content (AvgIpc) is 2.83. The number of nitrogens with zero attached hydrogens (tertiary/aromatic N) is 1. The molecule has 2 N–H and O–H groups in total. The molecule has 2 heteroatoms. The fourth-order valence-electron chi connectivity index (χ4n) is 2.86. The minimum atomic E-state index is 0.214. The van der Waals surface area contributed by atoms with E-state index in [0.717, 1.165) is 24.9 Å². The lowest BCUT2D eigenvalue weighted by molar-refractivity contribution is 0.0417. The highest BCUT2D eigenvalue weighted by atomic mass is 15.3. The zero-order chi connectivity index (χ0) is 10.2. The lowest BCUT2D eigenvalue weighted by atomic mass is 9.85. The van der Waals surface area contributed by atoms with Crippen molar-refractivity contribution in [1.82, 2.24) is 4.90 Å². The van der Waals surface area contributed by atoms with Crippen LogP contribution in [0.1, 0.15) is 39.5 Å². The molecule has 0 bridgehead atoms. The molecule has 14 heavy (non-hydrogen) atoms. The quantitative estimate of drug-likeness (QED) is 0.727. The van der Waals surface area contributed by atoms with E-state index in [1.54, 1.807) is 0 Å². The summed E-state index contributed by atoms with van der Waals surface area (Å²) in [6.07, 6.45) is 5.44. The van der Waals surface area contributed by atoms with Gasteiger partial charge in [-0.05, 0) is 31.1 Å². The van der Waals surface area contributed by atoms with E-state index < -0.39 is 0 Å². The van der Waals surface area contributed by atoms with E-state index in [9.17, 15) is 0 Å². The van der Waals surface area contributed by atoms with Gasteiger partial charge in [0.2, 0.25) is 0 Å². The number of hydrogen-bond donors (Lipinski definition) is 1. The van der Waals surface area contributed by atoms with Gasteiger partial charge in [0.15, 0.2) is 0 Å². The molecule has 0 aromatic heterocycles. The molecule has 2 fully saturated rings. The van der Waals surface area contributed by atoms with Crippen LogP contribution < -0.4 is 5.73 Å². The van der Waals surface area contributed by atoms with Crippen molar-refractivity contribution in [1.29, 1.82) is 0 Å². The lowest BCUT2D eigenvalue weighted by Gasteiger charge is -2.49. The highest BCUT2D eigenvalue weighted by Gasteiger charge is 2.49. The fourth-order valence-corrected chi connectivity index (χ4v) is 2.86. The van der Waals surface area contributed by atoms with Crippen molar-refractivity contribution in [2.75, 3.05) is 19.6 Å². The van der Waals surface area contributed by atoms with Crippen LogP contribution in [0.5, 0.6) is 0 Å². The molecule has 1 unspecified atom stereocenters. The molecule has 0 radical (unpaired) electrons. The van der Waals surface area contributed by atoms with Crippen LogP contribution in [-0.2, 0) is 0 Å². The normalized spacial score (nSPS) is 28.5. The van der Waals surface area contributed by atoms with Gasteiger partial charge in [-0.25, -0.2) is 0 Å². The van der Waals surface area contributed by atoms with E-state index in [-0.39, 0.29) is 5.54 Å². The standard InChI is InChI=1S/C12H24N2/c1-3-4-10(2)7-14-8-12(13,9-14)11-5-6-11/h10-11H,3-9,13H2,1-2H3. The minimum Gasteiger partial charge on any atom is -0.323 e. The Morgan fingerprint density at radius 1 is 1.43 bits per heavy atom.